The zero-order chi connectivity index (χ0) is 16.6. The van der Waals surface area contributed by atoms with Crippen LogP contribution in [0.5, 0.6) is 0 Å². The molecular formula is C16H30N2O4. The Morgan fingerprint density at radius 1 is 1.27 bits per heavy atom. The van der Waals surface area contributed by atoms with E-state index >= 15 is 0 Å². The highest BCUT2D eigenvalue weighted by atomic mass is 16.6. The van der Waals surface area contributed by atoms with Crippen molar-refractivity contribution in [2.24, 2.45) is 0 Å². The van der Waals surface area contributed by atoms with Gasteiger partial charge in [0.05, 0.1) is 0 Å². The van der Waals surface area contributed by atoms with E-state index in [1.165, 1.54) is 0 Å². The molecule has 128 valence electrons. The number of carbonyl (C=O) groups is 2. The number of amides is 1. The Labute approximate surface area is 133 Å². The Bertz CT molecular complexity index is 363. The van der Waals surface area contributed by atoms with E-state index < -0.39 is 11.6 Å². The van der Waals surface area contributed by atoms with Crippen molar-refractivity contribution in [3.05, 3.63) is 0 Å². The molecule has 0 saturated carbocycles. The van der Waals surface area contributed by atoms with Gasteiger partial charge in [-0.1, -0.05) is 6.92 Å². The molecule has 6 nitrogen and oxygen atoms in total. The second-order valence-corrected chi connectivity index (χ2v) is 6.55. The lowest BCUT2D eigenvalue weighted by Gasteiger charge is -2.34. The Hall–Kier alpha value is -1.30. The fourth-order valence-electron chi connectivity index (χ4n) is 2.35. The first-order valence-corrected chi connectivity index (χ1v) is 8.27. The third-order valence-electron chi connectivity index (χ3n) is 4.22. The maximum atomic E-state index is 12.1. The van der Waals surface area contributed by atoms with Gasteiger partial charge in [0.15, 0.2) is 0 Å². The van der Waals surface area contributed by atoms with E-state index in [0.717, 1.165) is 32.2 Å². The molecule has 0 atom stereocenters. The number of nitrogens with one attached hydrogen (secondary N) is 1. The number of ether oxygens (including phenoxy) is 1. The lowest BCUT2D eigenvalue weighted by atomic mass is 10.0. The van der Waals surface area contributed by atoms with Crippen molar-refractivity contribution >= 4 is 12.1 Å². The maximum absolute atomic E-state index is 12.1. The molecule has 2 N–H and O–H groups in total. The summed E-state index contributed by atoms with van der Waals surface area (Å²) in [6, 6.07) is 0.410. The monoisotopic (exact) mass is 314 g/mol. The molecule has 0 aromatic rings. The van der Waals surface area contributed by atoms with Crippen molar-refractivity contribution in [2.75, 3.05) is 19.6 Å². The fourth-order valence-corrected chi connectivity index (χ4v) is 2.35. The molecule has 1 fully saturated rings. The summed E-state index contributed by atoms with van der Waals surface area (Å²) in [7, 11) is 0. The lowest BCUT2D eigenvalue weighted by molar-refractivity contribution is -0.137. The normalized spacial score (nSPS) is 16.6. The molecule has 1 amide bonds. The van der Waals surface area contributed by atoms with Gasteiger partial charge in [0.2, 0.25) is 0 Å². The van der Waals surface area contributed by atoms with Crippen LogP contribution < -0.4 is 5.32 Å². The number of hydrogen-bond donors (Lipinski definition) is 2. The molecule has 6 heteroatoms. The summed E-state index contributed by atoms with van der Waals surface area (Å²) >= 11 is 0. The van der Waals surface area contributed by atoms with E-state index in [0.29, 0.717) is 25.6 Å². The van der Waals surface area contributed by atoms with Crippen LogP contribution in [0.25, 0.3) is 0 Å². The zero-order valence-electron chi connectivity index (χ0n) is 14.1. The number of rotatable bonds is 8. The van der Waals surface area contributed by atoms with E-state index in [9.17, 15) is 9.59 Å². The van der Waals surface area contributed by atoms with Gasteiger partial charge in [0, 0.05) is 25.6 Å². The third kappa shape index (κ3) is 7.11. The number of piperidine rings is 1. The van der Waals surface area contributed by atoms with Crippen LogP contribution in [0.1, 0.15) is 59.3 Å². The molecule has 0 aliphatic carbocycles. The smallest absolute Gasteiger partial charge is 0.410 e. The van der Waals surface area contributed by atoms with E-state index in [1.807, 2.05) is 20.8 Å². The summed E-state index contributed by atoms with van der Waals surface area (Å²) in [6.45, 7) is 8.13. The largest absolute Gasteiger partial charge is 0.481 e. The first kappa shape index (κ1) is 18.7. The number of carbonyl (C=O) groups excluding carboxylic acids is 1. The molecule has 1 aliphatic rings. The van der Waals surface area contributed by atoms with Crippen LogP contribution >= 0.6 is 0 Å². The van der Waals surface area contributed by atoms with Gasteiger partial charge in [-0.15, -0.1) is 0 Å². The second kappa shape index (κ2) is 8.98. The van der Waals surface area contributed by atoms with E-state index in [2.05, 4.69) is 5.32 Å². The van der Waals surface area contributed by atoms with Gasteiger partial charge in [-0.05, 0) is 52.5 Å². The van der Waals surface area contributed by atoms with Crippen molar-refractivity contribution in [2.45, 2.75) is 70.9 Å². The summed E-state index contributed by atoms with van der Waals surface area (Å²) in [6.07, 6.45) is 4.23. The van der Waals surface area contributed by atoms with Gasteiger partial charge in [0.25, 0.3) is 0 Å². The zero-order valence-corrected chi connectivity index (χ0v) is 14.1. The van der Waals surface area contributed by atoms with Crippen molar-refractivity contribution in [1.82, 2.24) is 10.2 Å². The minimum atomic E-state index is -0.734. The summed E-state index contributed by atoms with van der Waals surface area (Å²) in [5.74, 6) is -0.734. The number of likely N-dealkylation sites (tertiary alicyclic amines) is 1. The van der Waals surface area contributed by atoms with Crippen molar-refractivity contribution < 1.29 is 19.4 Å². The molecule has 0 radical (unpaired) electrons. The predicted molar refractivity (Wildman–Crippen MR) is 84.9 cm³/mol. The SMILES string of the molecule is CCC(C)(C)OC(=O)N1CCC(NCCCCC(=O)O)CC1. The molecule has 1 rings (SSSR count). The first-order chi connectivity index (χ1) is 10.3. The van der Waals surface area contributed by atoms with Crippen LogP contribution in [0, 0.1) is 0 Å². The number of nitrogens with zero attached hydrogens (tertiary/aromatic N) is 1. The van der Waals surface area contributed by atoms with Crippen molar-refractivity contribution in [1.29, 1.82) is 0 Å². The molecule has 0 unspecified atom stereocenters. The van der Waals surface area contributed by atoms with Gasteiger partial charge < -0.3 is 20.1 Å². The average molecular weight is 314 g/mol. The van der Waals surface area contributed by atoms with Gasteiger partial charge >= 0.3 is 12.1 Å². The Morgan fingerprint density at radius 2 is 1.91 bits per heavy atom. The molecular weight excluding hydrogens is 284 g/mol. The first-order valence-electron chi connectivity index (χ1n) is 8.27. The van der Waals surface area contributed by atoms with Crippen LogP contribution in [0.4, 0.5) is 4.79 Å². The van der Waals surface area contributed by atoms with Crippen molar-refractivity contribution in [3.8, 4) is 0 Å². The third-order valence-corrected chi connectivity index (χ3v) is 4.22. The number of unbranched alkanes of at least 4 members (excludes halogenated alkanes) is 1. The second-order valence-electron chi connectivity index (χ2n) is 6.55. The highest BCUT2D eigenvalue weighted by Gasteiger charge is 2.27. The minimum absolute atomic E-state index is 0.216. The number of carboxylic acids is 1. The van der Waals surface area contributed by atoms with E-state index in [-0.39, 0.29) is 12.5 Å². The van der Waals surface area contributed by atoms with Crippen LogP contribution in [0.15, 0.2) is 0 Å². The van der Waals surface area contributed by atoms with Crippen LogP contribution in [0.3, 0.4) is 0 Å². The molecule has 0 aromatic heterocycles. The Morgan fingerprint density at radius 3 is 2.45 bits per heavy atom. The lowest BCUT2D eigenvalue weighted by Crippen LogP contribution is -2.47. The molecule has 1 saturated heterocycles. The topological polar surface area (TPSA) is 78.9 Å². The predicted octanol–water partition coefficient (Wildman–Crippen LogP) is 2.62. The average Bonchev–Trinajstić information content (AvgIpc) is 2.46. The van der Waals surface area contributed by atoms with Gasteiger partial charge in [-0.2, -0.15) is 0 Å². The molecule has 0 bridgehead atoms. The molecule has 0 aromatic carbocycles. The molecule has 1 aliphatic heterocycles. The van der Waals surface area contributed by atoms with Gasteiger partial charge in [0.1, 0.15) is 5.60 Å². The Balaban J connectivity index is 2.17. The van der Waals surface area contributed by atoms with E-state index in [1.54, 1.807) is 4.90 Å². The summed E-state index contributed by atoms with van der Waals surface area (Å²) in [5, 5.41) is 12.0. The van der Waals surface area contributed by atoms with Gasteiger partial charge in [-0.3, -0.25) is 4.79 Å². The summed E-state index contributed by atoms with van der Waals surface area (Å²) in [5.41, 5.74) is -0.406. The Kier molecular flexibility index (Phi) is 7.65. The van der Waals surface area contributed by atoms with Gasteiger partial charge in [-0.25, -0.2) is 4.79 Å². The highest BCUT2D eigenvalue weighted by molar-refractivity contribution is 5.68. The highest BCUT2D eigenvalue weighted by Crippen LogP contribution is 2.18. The van der Waals surface area contributed by atoms with E-state index in [4.69, 9.17) is 9.84 Å². The summed E-state index contributed by atoms with van der Waals surface area (Å²) in [4.78, 5) is 24.3. The minimum Gasteiger partial charge on any atom is -0.481 e. The quantitative estimate of drug-likeness (QED) is 0.673. The standard InChI is InChI=1S/C16H30N2O4/c1-4-16(2,3)22-15(21)18-11-8-13(9-12-18)17-10-6-5-7-14(19)20/h13,17H,4-12H2,1-3H3,(H,19,20). The van der Waals surface area contributed by atoms with Crippen LogP contribution in [-0.4, -0.2) is 53.3 Å². The van der Waals surface area contributed by atoms with Crippen LogP contribution in [-0.2, 0) is 9.53 Å². The number of hydrogen-bond acceptors (Lipinski definition) is 4. The van der Waals surface area contributed by atoms with Crippen molar-refractivity contribution in [3.63, 3.8) is 0 Å². The molecule has 0 spiro atoms. The number of carboxylic acid groups (broad SMARTS) is 1. The number of aliphatic carboxylic acids is 1. The molecule has 22 heavy (non-hydrogen) atoms. The molecule has 1 heterocycles. The van der Waals surface area contributed by atoms with Crippen LogP contribution in [0.2, 0.25) is 0 Å². The summed E-state index contributed by atoms with van der Waals surface area (Å²) < 4.78 is 5.51. The fraction of sp³-hybridized carbons (Fsp3) is 0.875. The maximum Gasteiger partial charge on any atom is 0.410 e.